The number of halogens is 1. The first-order valence-corrected chi connectivity index (χ1v) is 11.5. The summed E-state index contributed by atoms with van der Waals surface area (Å²) in [5, 5.41) is 14.1. The fourth-order valence-electron chi connectivity index (χ4n) is 4.15. The van der Waals surface area contributed by atoms with Gasteiger partial charge in [-0.25, -0.2) is 14.3 Å². The number of H-pyrrole nitrogens is 1. The van der Waals surface area contributed by atoms with Crippen LogP contribution in [-0.4, -0.2) is 34.7 Å². The molecule has 176 valence electrons. The second kappa shape index (κ2) is 9.84. The van der Waals surface area contributed by atoms with Crippen LogP contribution in [0.1, 0.15) is 31.0 Å². The molecule has 0 spiro atoms. The van der Waals surface area contributed by atoms with Crippen LogP contribution in [0.3, 0.4) is 0 Å². The molecule has 0 fully saturated rings. The Morgan fingerprint density at radius 3 is 2.60 bits per heavy atom. The lowest BCUT2D eigenvalue weighted by Crippen LogP contribution is -2.25. The van der Waals surface area contributed by atoms with Crippen LogP contribution in [0, 0.1) is 5.82 Å². The number of para-hydroxylation sites is 1. The normalized spacial score (nSPS) is 11.1. The maximum Gasteiger partial charge on any atom is 0.333 e. The molecule has 35 heavy (non-hydrogen) atoms. The number of rotatable bonds is 8. The number of unbranched alkanes of at least 4 members (excludes halogenated alkanes) is 1. The smallest absolute Gasteiger partial charge is 0.292 e. The third-order valence-electron chi connectivity index (χ3n) is 5.99. The lowest BCUT2D eigenvalue weighted by Gasteiger charge is -2.10. The van der Waals surface area contributed by atoms with Crippen molar-refractivity contribution in [2.75, 3.05) is 0 Å². The van der Waals surface area contributed by atoms with E-state index < -0.39 is 5.82 Å². The van der Waals surface area contributed by atoms with Gasteiger partial charge in [-0.3, -0.25) is 14.1 Å². The molecule has 8 nitrogen and oxygen atoms in total. The van der Waals surface area contributed by atoms with E-state index in [1.54, 1.807) is 41.4 Å². The standard InChI is InChI=1S/C26H24FN7O/c1-2-3-6-20-17-34(24-8-5-4-7-23(24)27)26(35)33(20)16-18-9-11-19(12-10-18)22-15-28-14-13-21(22)25-29-31-32-30-25/h4-5,7-15,17H,2-3,6,16H2,1H3,(H,29,30,31,32). The van der Waals surface area contributed by atoms with Gasteiger partial charge in [-0.05, 0) is 52.6 Å². The summed E-state index contributed by atoms with van der Waals surface area (Å²) in [6.45, 7) is 2.50. The molecule has 0 aliphatic rings. The quantitative estimate of drug-likeness (QED) is 0.363. The summed E-state index contributed by atoms with van der Waals surface area (Å²) in [7, 11) is 0. The Bertz CT molecular complexity index is 1490. The van der Waals surface area contributed by atoms with Gasteiger partial charge >= 0.3 is 5.69 Å². The Balaban J connectivity index is 1.47. The molecule has 3 heterocycles. The van der Waals surface area contributed by atoms with Gasteiger partial charge in [0.05, 0.1) is 12.2 Å². The Labute approximate surface area is 201 Å². The van der Waals surface area contributed by atoms with Crippen LogP contribution in [0.2, 0.25) is 0 Å². The van der Waals surface area contributed by atoms with E-state index in [1.807, 2.05) is 30.3 Å². The van der Waals surface area contributed by atoms with Crippen LogP contribution in [0.25, 0.3) is 28.2 Å². The van der Waals surface area contributed by atoms with Crippen molar-refractivity contribution in [3.63, 3.8) is 0 Å². The van der Waals surface area contributed by atoms with Crippen molar-refractivity contribution in [3.05, 3.63) is 101 Å². The molecule has 0 atom stereocenters. The van der Waals surface area contributed by atoms with Gasteiger partial charge in [-0.2, -0.15) is 0 Å². The Morgan fingerprint density at radius 2 is 1.86 bits per heavy atom. The zero-order valence-electron chi connectivity index (χ0n) is 19.2. The van der Waals surface area contributed by atoms with Crippen LogP contribution in [0.5, 0.6) is 0 Å². The number of aryl methyl sites for hydroxylation is 1. The third-order valence-corrected chi connectivity index (χ3v) is 5.99. The van der Waals surface area contributed by atoms with Gasteiger partial charge < -0.3 is 0 Å². The van der Waals surface area contributed by atoms with Crippen molar-refractivity contribution in [1.82, 2.24) is 34.7 Å². The molecule has 5 aromatic rings. The van der Waals surface area contributed by atoms with Crippen molar-refractivity contribution in [3.8, 4) is 28.2 Å². The highest BCUT2D eigenvalue weighted by molar-refractivity contribution is 5.79. The van der Waals surface area contributed by atoms with E-state index in [4.69, 9.17) is 0 Å². The summed E-state index contributed by atoms with van der Waals surface area (Å²) in [6, 6.07) is 16.1. The summed E-state index contributed by atoms with van der Waals surface area (Å²) in [6.07, 6.45) is 7.92. The largest absolute Gasteiger partial charge is 0.333 e. The molecule has 1 N–H and O–H groups in total. The number of aromatic amines is 1. The predicted octanol–water partition coefficient (Wildman–Crippen LogP) is 4.41. The van der Waals surface area contributed by atoms with Gasteiger partial charge in [-0.1, -0.05) is 49.7 Å². The molecule has 0 amide bonds. The predicted molar refractivity (Wildman–Crippen MR) is 131 cm³/mol. The number of nitrogens with zero attached hydrogens (tertiary/aromatic N) is 6. The molecule has 0 unspecified atom stereocenters. The molecule has 0 saturated carbocycles. The molecule has 5 rings (SSSR count). The molecule has 0 aliphatic carbocycles. The minimum Gasteiger partial charge on any atom is -0.292 e. The number of benzene rings is 2. The van der Waals surface area contributed by atoms with E-state index in [0.717, 1.165) is 47.2 Å². The highest BCUT2D eigenvalue weighted by atomic mass is 19.1. The van der Waals surface area contributed by atoms with Crippen molar-refractivity contribution in [2.45, 2.75) is 32.7 Å². The number of nitrogens with one attached hydrogen (secondary N) is 1. The zero-order valence-corrected chi connectivity index (χ0v) is 19.2. The van der Waals surface area contributed by atoms with E-state index in [9.17, 15) is 9.18 Å². The van der Waals surface area contributed by atoms with Crippen molar-refractivity contribution >= 4 is 0 Å². The first kappa shape index (κ1) is 22.4. The number of aromatic nitrogens is 7. The second-order valence-electron chi connectivity index (χ2n) is 8.28. The van der Waals surface area contributed by atoms with Gasteiger partial charge in [0.25, 0.3) is 0 Å². The molecule has 0 bridgehead atoms. The lowest BCUT2D eigenvalue weighted by molar-refractivity contribution is 0.613. The summed E-state index contributed by atoms with van der Waals surface area (Å²) in [5.41, 5.74) is 4.55. The fourth-order valence-corrected chi connectivity index (χ4v) is 4.15. The van der Waals surface area contributed by atoms with Crippen molar-refractivity contribution in [1.29, 1.82) is 0 Å². The minimum absolute atomic E-state index is 0.252. The molecular weight excluding hydrogens is 445 g/mol. The number of imidazole rings is 1. The SMILES string of the molecule is CCCCc1cn(-c2ccccc2F)c(=O)n1Cc1ccc(-c2cnccc2-c2nnn[nH]2)cc1. The first-order chi connectivity index (χ1) is 17.2. The lowest BCUT2D eigenvalue weighted by atomic mass is 10.0. The number of pyridine rings is 1. The second-order valence-corrected chi connectivity index (χ2v) is 8.28. The van der Waals surface area contributed by atoms with E-state index in [2.05, 4.69) is 32.5 Å². The number of hydrogen-bond acceptors (Lipinski definition) is 5. The van der Waals surface area contributed by atoms with Crippen LogP contribution >= 0.6 is 0 Å². The molecule has 2 aromatic carbocycles. The van der Waals surface area contributed by atoms with Crippen LogP contribution in [-0.2, 0) is 13.0 Å². The van der Waals surface area contributed by atoms with Gasteiger partial charge in [0, 0.05) is 35.4 Å². The molecule has 0 saturated heterocycles. The van der Waals surface area contributed by atoms with E-state index in [-0.39, 0.29) is 11.4 Å². The molecule has 0 radical (unpaired) electrons. The van der Waals surface area contributed by atoms with Gasteiger partial charge in [0.15, 0.2) is 5.82 Å². The topological polar surface area (TPSA) is 94.3 Å². The summed E-state index contributed by atoms with van der Waals surface area (Å²) in [5.74, 6) is 0.139. The molecule has 9 heteroatoms. The maximum atomic E-state index is 14.4. The van der Waals surface area contributed by atoms with Crippen molar-refractivity contribution < 1.29 is 4.39 Å². The highest BCUT2D eigenvalue weighted by Crippen LogP contribution is 2.29. The van der Waals surface area contributed by atoms with Crippen LogP contribution < -0.4 is 5.69 Å². The average Bonchev–Trinajstić information content (AvgIpc) is 3.53. The Morgan fingerprint density at radius 1 is 1.03 bits per heavy atom. The molecule has 3 aromatic heterocycles. The Kier molecular flexibility index (Phi) is 6.30. The maximum absolute atomic E-state index is 14.4. The number of hydrogen-bond donors (Lipinski definition) is 1. The van der Waals surface area contributed by atoms with E-state index >= 15 is 0 Å². The van der Waals surface area contributed by atoms with Crippen LogP contribution in [0.15, 0.2) is 78.0 Å². The van der Waals surface area contributed by atoms with Gasteiger partial charge in [-0.15, -0.1) is 5.10 Å². The van der Waals surface area contributed by atoms with Crippen LogP contribution in [0.4, 0.5) is 4.39 Å². The minimum atomic E-state index is -0.424. The fraction of sp³-hybridized carbons (Fsp3) is 0.192. The highest BCUT2D eigenvalue weighted by Gasteiger charge is 2.16. The monoisotopic (exact) mass is 469 g/mol. The van der Waals surface area contributed by atoms with E-state index in [1.165, 1.54) is 10.6 Å². The zero-order chi connectivity index (χ0) is 24.2. The first-order valence-electron chi connectivity index (χ1n) is 11.5. The molecule has 0 aliphatic heterocycles. The average molecular weight is 470 g/mol. The third kappa shape index (κ3) is 4.52. The number of tetrazole rings is 1. The summed E-state index contributed by atoms with van der Waals surface area (Å²) >= 11 is 0. The summed E-state index contributed by atoms with van der Waals surface area (Å²) in [4.78, 5) is 17.6. The molecular formula is C26H24FN7O. The van der Waals surface area contributed by atoms with Gasteiger partial charge in [0.1, 0.15) is 5.82 Å². The van der Waals surface area contributed by atoms with E-state index in [0.29, 0.717) is 12.4 Å². The summed E-state index contributed by atoms with van der Waals surface area (Å²) < 4.78 is 17.6. The van der Waals surface area contributed by atoms with Gasteiger partial charge in [0.2, 0.25) is 0 Å². The van der Waals surface area contributed by atoms with Crippen molar-refractivity contribution in [2.24, 2.45) is 0 Å². The Hall–Kier alpha value is -4.40.